The van der Waals surface area contributed by atoms with Gasteiger partial charge in [0.15, 0.2) is 6.61 Å². The maximum atomic E-state index is 13.4. The van der Waals surface area contributed by atoms with E-state index in [1.165, 1.54) is 36.5 Å². The molecule has 0 aliphatic rings. The Morgan fingerprint density at radius 3 is 2.55 bits per heavy atom. The van der Waals surface area contributed by atoms with Crippen LogP contribution in [0.3, 0.4) is 0 Å². The Balaban J connectivity index is 1.52. The number of benzene rings is 1. The van der Waals surface area contributed by atoms with Gasteiger partial charge in [0.25, 0.3) is 5.89 Å². The molecule has 2 N–H and O–H groups in total. The summed E-state index contributed by atoms with van der Waals surface area (Å²) in [4.78, 5) is 20.2. The first-order valence-electron chi connectivity index (χ1n) is 9.11. The van der Waals surface area contributed by atoms with Gasteiger partial charge in [-0.3, -0.25) is 0 Å². The molecular formula is C19H12ClF4N7O2. The fourth-order valence-corrected chi connectivity index (χ4v) is 2.83. The van der Waals surface area contributed by atoms with E-state index in [-0.39, 0.29) is 46.6 Å². The fraction of sp³-hybridized carbons (Fsp3) is 0.158. The van der Waals surface area contributed by atoms with E-state index in [1.54, 1.807) is 0 Å². The number of pyridine rings is 1. The molecule has 0 aliphatic heterocycles. The van der Waals surface area contributed by atoms with E-state index in [9.17, 15) is 17.6 Å². The molecule has 3 aromatic heterocycles. The molecule has 1 aromatic carbocycles. The molecule has 0 saturated heterocycles. The summed E-state index contributed by atoms with van der Waals surface area (Å²) in [6, 6.07) is 6.84. The predicted molar refractivity (Wildman–Crippen MR) is 107 cm³/mol. The van der Waals surface area contributed by atoms with Gasteiger partial charge in [0.05, 0.1) is 10.6 Å². The Bertz CT molecular complexity index is 1280. The van der Waals surface area contributed by atoms with Crippen LogP contribution in [0.25, 0.3) is 23.1 Å². The zero-order chi connectivity index (χ0) is 23.6. The van der Waals surface area contributed by atoms with Crippen molar-refractivity contribution in [2.24, 2.45) is 0 Å². The van der Waals surface area contributed by atoms with E-state index < -0.39 is 18.6 Å². The molecule has 0 spiro atoms. The summed E-state index contributed by atoms with van der Waals surface area (Å²) in [6.45, 7) is -1.46. The molecule has 0 bridgehead atoms. The average molecular weight is 482 g/mol. The normalized spacial score (nSPS) is 11.5. The SMILES string of the molecule is Nc1nc(Cc2ccc(F)c(Cl)c2)nc(-c2noc(-c3ccc(OCC(F)(F)F)nc3)n2)n1. The van der Waals surface area contributed by atoms with Crippen LogP contribution < -0.4 is 10.5 Å². The first kappa shape index (κ1) is 22.3. The van der Waals surface area contributed by atoms with Crippen LogP contribution in [0.5, 0.6) is 5.88 Å². The number of alkyl halides is 3. The third-order valence-corrected chi connectivity index (χ3v) is 4.33. The van der Waals surface area contributed by atoms with Crippen molar-refractivity contribution in [2.45, 2.75) is 12.6 Å². The lowest BCUT2D eigenvalue weighted by Gasteiger charge is -2.07. The number of hydrogen-bond donors (Lipinski definition) is 1. The maximum absolute atomic E-state index is 13.4. The minimum absolute atomic E-state index is 0.00473. The third kappa shape index (κ3) is 5.68. The largest absolute Gasteiger partial charge is 0.468 e. The number of anilines is 1. The molecule has 0 saturated carbocycles. The zero-order valence-electron chi connectivity index (χ0n) is 16.3. The summed E-state index contributed by atoms with van der Waals surface area (Å²) in [5.74, 6) is -0.558. The van der Waals surface area contributed by atoms with Crippen LogP contribution in [0.4, 0.5) is 23.5 Å². The van der Waals surface area contributed by atoms with Crippen molar-refractivity contribution in [3.05, 3.63) is 58.8 Å². The number of halogens is 5. The van der Waals surface area contributed by atoms with Crippen molar-refractivity contribution in [1.29, 1.82) is 0 Å². The quantitative estimate of drug-likeness (QED) is 0.408. The van der Waals surface area contributed by atoms with Crippen molar-refractivity contribution in [2.75, 3.05) is 12.3 Å². The van der Waals surface area contributed by atoms with Crippen molar-refractivity contribution < 1.29 is 26.8 Å². The van der Waals surface area contributed by atoms with Crippen LogP contribution in [0.2, 0.25) is 5.02 Å². The molecule has 3 heterocycles. The molecular weight excluding hydrogens is 470 g/mol. The number of nitrogens with two attached hydrogens (primary N) is 1. The molecule has 0 aliphatic carbocycles. The average Bonchev–Trinajstić information content (AvgIpc) is 3.25. The predicted octanol–water partition coefficient (Wildman–Crippen LogP) is 3.89. The number of nitrogen functional groups attached to an aromatic ring is 1. The minimum atomic E-state index is -4.48. The Kier molecular flexibility index (Phi) is 6.05. The highest BCUT2D eigenvalue weighted by Gasteiger charge is 2.28. The number of nitrogens with zero attached hydrogens (tertiary/aromatic N) is 6. The van der Waals surface area contributed by atoms with Gasteiger partial charge in [-0.1, -0.05) is 22.8 Å². The smallest absolute Gasteiger partial charge is 0.422 e. The van der Waals surface area contributed by atoms with E-state index >= 15 is 0 Å². The monoisotopic (exact) mass is 481 g/mol. The van der Waals surface area contributed by atoms with Crippen molar-refractivity contribution in [3.63, 3.8) is 0 Å². The van der Waals surface area contributed by atoms with Crippen LogP contribution in [-0.4, -0.2) is 42.9 Å². The zero-order valence-corrected chi connectivity index (χ0v) is 17.1. The van der Waals surface area contributed by atoms with E-state index in [1.807, 2.05) is 0 Å². The number of hydrogen-bond acceptors (Lipinski definition) is 9. The van der Waals surface area contributed by atoms with E-state index in [2.05, 4.69) is 34.8 Å². The molecule has 0 amide bonds. The van der Waals surface area contributed by atoms with Crippen LogP contribution in [0.15, 0.2) is 41.1 Å². The van der Waals surface area contributed by atoms with Crippen molar-refractivity contribution >= 4 is 17.5 Å². The van der Waals surface area contributed by atoms with Gasteiger partial charge in [0.2, 0.25) is 23.5 Å². The molecule has 0 atom stereocenters. The molecule has 0 radical (unpaired) electrons. The topological polar surface area (TPSA) is 126 Å². The molecule has 170 valence electrons. The Morgan fingerprint density at radius 2 is 1.85 bits per heavy atom. The summed E-state index contributed by atoms with van der Waals surface area (Å²) in [6.07, 6.45) is -3.07. The summed E-state index contributed by atoms with van der Waals surface area (Å²) in [5, 5.41) is 3.76. The van der Waals surface area contributed by atoms with E-state index in [0.29, 0.717) is 11.1 Å². The molecule has 4 rings (SSSR count). The van der Waals surface area contributed by atoms with Crippen molar-refractivity contribution in [3.8, 4) is 29.0 Å². The van der Waals surface area contributed by atoms with Gasteiger partial charge in [0.1, 0.15) is 11.6 Å². The molecule has 0 unspecified atom stereocenters. The molecule has 4 aromatic rings. The van der Waals surface area contributed by atoms with Crippen LogP contribution in [-0.2, 0) is 6.42 Å². The first-order chi connectivity index (χ1) is 15.7. The lowest BCUT2D eigenvalue weighted by atomic mass is 10.1. The van der Waals surface area contributed by atoms with Gasteiger partial charge >= 0.3 is 6.18 Å². The lowest BCUT2D eigenvalue weighted by Crippen LogP contribution is -2.19. The number of ether oxygens (including phenoxy) is 1. The van der Waals surface area contributed by atoms with Gasteiger partial charge in [0, 0.05) is 18.7 Å². The standard InChI is InChI=1S/C19H12ClF4N7O2/c20-11-5-9(1-3-12(11)21)6-13-27-15(30-18(25)28-13)16-29-17(33-31-16)10-2-4-14(26-7-10)32-8-19(22,23)24/h1-5,7H,6,8H2,(H2,25,27,28,30). The highest BCUT2D eigenvalue weighted by atomic mass is 35.5. The number of aromatic nitrogens is 6. The van der Waals surface area contributed by atoms with E-state index in [0.717, 1.165) is 0 Å². The van der Waals surface area contributed by atoms with Crippen molar-refractivity contribution in [1.82, 2.24) is 30.1 Å². The summed E-state index contributed by atoms with van der Waals surface area (Å²) >= 11 is 5.80. The number of rotatable bonds is 6. The molecule has 33 heavy (non-hydrogen) atoms. The second-order valence-corrected chi connectivity index (χ2v) is 6.98. The van der Waals surface area contributed by atoms with E-state index in [4.69, 9.17) is 21.9 Å². The lowest BCUT2D eigenvalue weighted by molar-refractivity contribution is -0.154. The third-order valence-electron chi connectivity index (χ3n) is 4.04. The van der Waals surface area contributed by atoms with Gasteiger partial charge < -0.3 is 15.0 Å². The van der Waals surface area contributed by atoms with Crippen LogP contribution in [0.1, 0.15) is 11.4 Å². The Hall–Kier alpha value is -3.87. The van der Waals surface area contributed by atoms with Crippen LogP contribution >= 0.6 is 11.6 Å². The minimum Gasteiger partial charge on any atom is -0.468 e. The Labute approximate surface area is 187 Å². The fourth-order valence-electron chi connectivity index (χ4n) is 2.63. The van der Waals surface area contributed by atoms with Gasteiger partial charge in [-0.25, -0.2) is 14.4 Å². The Morgan fingerprint density at radius 1 is 1.03 bits per heavy atom. The highest BCUT2D eigenvalue weighted by molar-refractivity contribution is 6.30. The second-order valence-electron chi connectivity index (χ2n) is 6.57. The van der Waals surface area contributed by atoms with Crippen LogP contribution in [0, 0.1) is 5.82 Å². The molecule has 9 nitrogen and oxygen atoms in total. The summed E-state index contributed by atoms with van der Waals surface area (Å²) in [7, 11) is 0. The van der Waals surface area contributed by atoms with Gasteiger partial charge in [-0.2, -0.15) is 28.1 Å². The molecule has 14 heteroatoms. The van der Waals surface area contributed by atoms with Gasteiger partial charge in [-0.15, -0.1) is 0 Å². The molecule has 0 fully saturated rings. The second kappa shape index (κ2) is 8.94. The first-order valence-corrected chi connectivity index (χ1v) is 9.48. The summed E-state index contributed by atoms with van der Waals surface area (Å²) < 4.78 is 59.8. The highest BCUT2D eigenvalue weighted by Crippen LogP contribution is 2.23. The van der Waals surface area contributed by atoms with Gasteiger partial charge in [-0.05, 0) is 23.8 Å². The summed E-state index contributed by atoms with van der Waals surface area (Å²) in [5.41, 5.74) is 6.73. The maximum Gasteiger partial charge on any atom is 0.422 e.